The van der Waals surface area contributed by atoms with Crippen LogP contribution in [0.5, 0.6) is 5.75 Å². The smallest absolute Gasteiger partial charge is 0.258 e. The van der Waals surface area contributed by atoms with Gasteiger partial charge in [-0.1, -0.05) is 45.1 Å². The van der Waals surface area contributed by atoms with Gasteiger partial charge in [-0.3, -0.25) is 9.59 Å². The number of ether oxygens (including phenoxy) is 1. The van der Waals surface area contributed by atoms with E-state index in [9.17, 15) is 9.59 Å². The summed E-state index contributed by atoms with van der Waals surface area (Å²) in [5, 5.41) is 3.12. The predicted octanol–water partition coefficient (Wildman–Crippen LogP) is 3.80. The minimum atomic E-state index is -0.538. The van der Waals surface area contributed by atoms with Crippen molar-refractivity contribution in [2.75, 3.05) is 7.05 Å². The number of hydrogen-bond donors (Lipinski definition) is 1. The van der Waals surface area contributed by atoms with E-state index in [4.69, 9.17) is 4.74 Å². The van der Waals surface area contributed by atoms with E-state index in [0.29, 0.717) is 11.3 Å². The molecule has 27 heavy (non-hydrogen) atoms. The van der Waals surface area contributed by atoms with Gasteiger partial charge in [0.15, 0.2) is 0 Å². The number of nitrogens with zero attached hydrogens (tertiary/aromatic N) is 1. The third kappa shape index (κ3) is 5.34. The molecule has 148 valence electrons. The molecule has 1 aromatic carbocycles. The number of likely N-dealkylation sites (N-methyl/N-ethyl adjacent to an activating group) is 1. The number of fused-ring (bicyclic) bond motifs is 1. The lowest BCUT2D eigenvalue weighted by Gasteiger charge is -2.32. The van der Waals surface area contributed by atoms with Crippen LogP contribution in [0.15, 0.2) is 36.4 Å². The first kappa shape index (κ1) is 21.0. The Kier molecular flexibility index (Phi) is 7.45. The summed E-state index contributed by atoms with van der Waals surface area (Å²) >= 11 is 0. The van der Waals surface area contributed by atoms with Gasteiger partial charge >= 0.3 is 0 Å². The summed E-state index contributed by atoms with van der Waals surface area (Å²) in [7, 11) is 1.69. The van der Waals surface area contributed by atoms with Crippen LogP contribution in [0.1, 0.15) is 57.3 Å². The van der Waals surface area contributed by atoms with Crippen LogP contribution in [0.2, 0.25) is 0 Å². The average Bonchev–Trinajstić information content (AvgIpc) is 2.63. The number of amides is 2. The van der Waals surface area contributed by atoms with E-state index < -0.39 is 6.04 Å². The van der Waals surface area contributed by atoms with Crippen LogP contribution in [-0.4, -0.2) is 41.9 Å². The second-order valence-corrected chi connectivity index (χ2v) is 7.59. The van der Waals surface area contributed by atoms with Crippen LogP contribution in [0.4, 0.5) is 0 Å². The fourth-order valence-corrected chi connectivity index (χ4v) is 3.42. The number of rotatable bonds is 2. The van der Waals surface area contributed by atoms with Gasteiger partial charge in [0, 0.05) is 19.5 Å². The molecular weight excluding hydrogens is 340 g/mol. The molecule has 2 amide bonds. The van der Waals surface area contributed by atoms with Gasteiger partial charge < -0.3 is 15.0 Å². The summed E-state index contributed by atoms with van der Waals surface area (Å²) in [6.07, 6.45) is 6.50. The molecular formula is C22H32N2O3. The predicted molar refractivity (Wildman–Crippen MR) is 108 cm³/mol. The summed E-state index contributed by atoms with van der Waals surface area (Å²) in [4.78, 5) is 27.7. The molecule has 0 radical (unpaired) electrons. The normalized spacial score (nSPS) is 26.0. The van der Waals surface area contributed by atoms with E-state index >= 15 is 0 Å². The van der Waals surface area contributed by atoms with Crippen molar-refractivity contribution in [2.45, 2.75) is 65.1 Å². The van der Waals surface area contributed by atoms with E-state index in [1.54, 1.807) is 18.0 Å². The maximum Gasteiger partial charge on any atom is 0.258 e. The second-order valence-electron chi connectivity index (χ2n) is 7.59. The van der Waals surface area contributed by atoms with Gasteiger partial charge in [0.1, 0.15) is 11.8 Å². The van der Waals surface area contributed by atoms with Crippen LogP contribution in [0.3, 0.4) is 0 Å². The molecule has 0 saturated carbocycles. The highest BCUT2D eigenvalue weighted by molar-refractivity contribution is 5.99. The molecule has 0 bridgehead atoms. The van der Waals surface area contributed by atoms with Gasteiger partial charge in [-0.15, -0.1) is 0 Å². The highest BCUT2D eigenvalue weighted by Crippen LogP contribution is 2.24. The van der Waals surface area contributed by atoms with Gasteiger partial charge in [0.25, 0.3) is 5.91 Å². The van der Waals surface area contributed by atoms with Crippen LogP contribution in [0, 0.1) is 5.92 Å². The van der Waals surface area contributed by atoms with E-state index in [2.05, 4.69) is 24.4 Å². The summed E-state index contributed by atoms with van der Waals surface area (Å²) in [5.41, 5.74) is 0.485. The third-order valence-electron chi connectivity index (χ3n) is 4.98. The Labute approximate surface area is 162 Å². The zero-order valence-electron chi connectivity index (χ0n) is 17.1. The third-order valence-corrected chi connectivity index (χ3v) is 4.98. The molecule has 0 spiro atoms. The van der Waals surface area contributed by atoms with Gasteiger partial charge in [-0.05, 0) is 37.8 Å². The highest BCUT2D eigenvalue weighted by atomic mass is 16.5. The van der Waals surface area contributed by atoms with Crippen molar-refractivity contribution in [3.63, 3.8) is 0 Å². The van der Waals surface area contributed by atoms with Crippen LogP contribution in [0.25, 0.3) is 0 Å². The first-order valence-electron chi connectivity index (χ1n) is 9.83. The Balaban J connectivity index is 2.43. The van der Waals surface area contributed by atoms with Crippen molar-refractivity contribution in [3.05, 3.63) is 42.0 Å². The van der Waals surface area contributed by atoms with E-state index in [0.717, 1.165) is 19.3 Å². The van der Waals surface area contributed by atoms with Crippen LogP contribution >= 0.6 is 0 Å². The Morgan fingerprint density at radius 3 is 2.52 bits per heavy atom. The second kappa shape index (κ2) is 9.58. The minimum Gasteiger partial charge on any atom is -0.490 e. The number of nitrogens with one attached hydrogen (secondary N) is 1. The molecule has 3 atom stereocenters. The minimum absolute atomic E-state index is 0.00749. The van der Waals surface area contributed by atoms with Gasteiger partial charge in [-0.25, -0.2) is 0 Å². The Morgan fingerprint density at radius 2 is 1.85 bits per heavy atom. The summed E-state index contributed by atoms with van der Waals surface area (Å²) in [6, 6.07) is 6.77. The van der Waals surface area contributed by atoms with E-state index in [1.165, 1.54) is 0 Å². The molecule has 1 aromatic rings. The number of benzene rings is 1. The number of carbonyl (C=O) groups excluding carboxylic acids is 2. The average molecular weight is 373 g/mol. The summed E-state index contributed by atoms with van der Waals surface area (Å²) < 4.78 is 6.04. The molecule has 0 aromatic heterocycles. The van der Waals surface area contributed by atoms with Crippen molar-refractivity contribution in [3.8, 4) is 5.75 Å². The maximum absolute atomic E-state index is 13.2. The summed E-state index contributed by atoms with van der Waals surface area (Å²) in [5.74, 6) is 0.241. The van der Waals surface area contributed by atoms with E-state index in [1.807, 2.05) is 39.0 Å². The molecule has 0 unspecified atom stereocenters. The molecule has 0 fully saturated rings. The lowest BCUT2D eigenvalue weighted by Crippen LogP contribution is -2.52. The zero-order chi connectivity index (χ0) is 20.0. The lowest BCUT2D eigenvalue weighted by molar-refractivity contribution is -0.127. The number of para-hydroxylation sites is 1. The van der Waals surface area contributed by atoms with Gasteiger partial charge in [0.05, 0.1) is 11.7 Å². The number of carbonyl (C=O) groups is 2. The molecule has 0 saturated heterocycles. The fraction of sp³-hybridized carbons (Fsp3) is 0.545. The van der Waals surface area contributed by atoms with Crippen molar-refractivity contribution < 1.29 is 14.3 Å². The molecule has 1 heterocycles. The Morgan fingerprint density at radius 1 is 1.19 bits per heavy atom. The van der Waals surface area contributed by atoms with Gasteiger partial charge in [-0.2, -0.15) is 0 Å². The van der Waals surface area contributed by atoms with Crippen molar-refractivity contribution >= 4 is 11.8 Å². The first-order valence-corrected chi connectivity index (χ1v) is 9.83. The largest absolute Gasteiger partial charge is 0.490 e. The van der Waals surface area contributed by atoms with Crippen molar-refractivity contribution in [2.24, 2.45) is 5.92 Å². The molecule has 1 aliphatic rings. The summed E-state index contributed by atoms with van der Waals surface area (Å²) in [6.45, 7) is 7.98. The van der Waals surface area contributed by atoms with Crippen molar-refractivity contribution in [1.82, 2.24) is 10.2 Å². The topological polar surface area (TPSA) is 58.6 Å². The monoisotopic (exact) mass is 372 g/mol. The first-order chi connectivity index (χ1) is 12.8. The zero-order valence-corrected chi connectivity index (χ0v) is 17.1. The molecule has 5 heteroatoms. The standard InChI is InChI=1S/C22H32N2O3/c1-6-17-12-8-7-11-16(4)27-19-14-10-9-13-18(19)22(26)24(5)20(15(2)3)21(25)23-17/h7-10,13-17,20H,6,11-12H2,1-5H3,(H,23,25)/b8-7+/t16-,17+,20+/m0/s1. The number of hydrogen-bond acceptors (Lipinski definition) is 3. The molecule has 2 rings (SSSR count). The maximum atomic E-state index is 13.2. The Bertz CT molecular complexity index is 684. The Hall–Kier alpha value is -2.30. The SMILES string of the molecule is CC[C@@H]1C/C=C/C[C@H](C)Oc2ccccc2C(=O)N(C)[C@H](C(C)C)C(=O)N1. The van der Waals surface area contributed by atoms with Crippen molar-refractivity contribution in [1.29, 1.82) is 0 Å². The molecule has 1 aliphatic heterocycles. The van der Waals surface area contributed by atoms with Crippen LogP contribution in [-0.2, 0) is 4.79 Å². The van der Waals surface area contributed by atoms with Crippen LogP contribution < -0.4 is 10.1 Å². The lowest BCUT2D eigenvalue weighted by atomic mass is 9.99. The molecule has 0 aliphatic carbocycles. The highest BCUT2D eigenvalue weighted by Gasteiger charge is 2.32. The molecule has 1 N–H and O–H groups in total. The molecule has 5 nitrogen and oxygen atoms in total. The fourth-order valence-electron chi connectivity index (χ4n) is 3.42. The van der Waals surface area contributed by atoms with E-state index in [-0.39, 0.29) is 29.9 Å². The quantitative estimate of drug-likeness (QED) is 0.804. The van der Waals surface area contributed by atoms with Gasteiger partial charge in [0.2, 0.25) is 5.91 Å².